The average molecular weight is 512 g/mol. The van der Waals surface area contributed by atoms with Crippen molar-refractivity contribution in [3.05, 3.63) is 41.1 Å². The minimum atomic E-state index is -3.27. The molecule has 1 saturated heterocycles. The highest BCUT2D eigenvalue weighted by molar-refractivity contribution is 7.90. The van der Waals surface area contributed by atoms with E-state index in [1.807, 2.05) is 18.3 Å². The van der Waals surface area contributed by atoms with Crippen LogP contribution in [0.2, 0.25) is 0 Å². The highest BCUT2D eigenvalue weighted by Crippen LogP contribution is 2.35. The van der Waals surface area contributed by atoms with Crippen LogP contribution < -0.4 is 16.0 Å². The molecule has 0 amide bonds. The lowest BCUT2D eigenvalue weighted by atomic mass is 9.74. The van der Waals surface area contributed by atoms with E-state index in [0.29, 0.717) is 23.3 Å². The minimum absolute atomic E-state index is 0.191. The van der Waals surface area contributed by atoms with E-state index in [-0.39, 0.29) is 11.3 Å². The van der Waals surface area contributed by atoms with E-state index in [2.05, 4.69) is 34.9 Å². The third-order valence-electron chi connectivity index (χ3n) is 7.75. The molecule has 3 N–H and O–H groups in total. The summed E-state index contributed by atoms with van der Waals surface area (Å²) in [6.07, 6.45) is 9.48. The Morgan fingerprint density at radius 1 is 1.03 bits per heavy atom. The van der Waals surface area contributed by atoms with Crippen LogP contribution in [0, 0.1) is 5.41 Å². The van der Waals surface area contributed by atoms with Crippen LogP contribution in [0.3, 0.4) is 0 Å². The second kappa shape index (κ2) is 9.97. The molecule has 1 aromatic carbocycles. The predicted molar refractivity (Wildman–Crippen MR) is 142 cm³/mol. The van der Waals surface area contributed by atoms with E-state index in [1.165, 1.54) is 6.26 Å². The van der Waals surface area contributed by atoms with Gasteiger partial charge in [0.05, 0.1) is 11.1 Å². The molecule has 5 rings (SSSR count). The van der Waals surface area contributed by atoms with Crippen molar-refractivity contribution >= 4 is 27.4 Å². The Hall–Kier alpha value is -2.72. The number of nitrogens with zero attached hydrogens (tertiary/aromatic N) is 4. The normalized spacial score (nSPS) is 18.9. The second-order valence-electron chi connectivity index (χ2n) is 10.7. The molecule has 10 heteroatoms. The van der Waals surface area contributed by atoms with E-state index in [9.17, 15) is 8.42 Å². The summed E-state index contributed by atoms with van der Waals surface area (Å²) in [6.45, 7) is 7.70. The molecule has 0 aliphatic carbocycles. The zero-order chi connectivity index (χ0) is 25.3. The molecule has 194 valence electrons. The van der Waals surface area contributed by atoms with Crippen molar-refractivity contribution in [2.24, 2.45) is 5.41 Å². The Morgan fingerprint density at radius 3 is 2.58 bits per heavy atom. The van der Waals surface area contributed by atoms with Crippen LogP contribution in [0.5, 0.6) is 0 Å². The topological polar surface area (TPSA) is 113 Å². The summed E-state index contributed by atoms with van der Waals surface area (Å²) in [4.78, 5) is 10.1. The summed E-state index contributed by atoms with van der Waals surface area (Å²) in [5.41, 5.74) is 4.24. The molecule has 0 saturated carbocycles. The lowest BCUT2D eigenvalue weighted by Gasteiger charge is -2.38. The van der Waals surface area contributed by atoms with Gasteiger partial charge in [-0.15, -0.1) is 0 Å². The van der Waals surface area contributed by atoms with Crippen LogP contribution in [0.15, 0.2) is 29.3 Å². The maximum atomic E-state index is 12.2. The standard InChI is InChI=1S/C26H37N7O2S/c1-18(2)22-16-30-33-23(22)31-24-29-17-26(10-12-27-13-11-26)9-5-4-6-19-14-21(36(3,34)35)8-7-20(19)15-28-25(33)32-24/h7-8,14,16,18,27H,4-6,9-13,15,17H2,1-3H3,(H2,28,29,31,32). The summed E-state index contributed by atoms with van der Waals surface area (Å²) in [5, 5.41) is 15.2. The largest absolute Gasteiger partial charge is 0.354 e. The van der Waals surface area contributed by atoms with Gasteiger partial charge in [-0.3, -0.25) is 0 Å². The number of aromatic nitrogens is 4. The molecule has 2 bridgehead atoms. The molecule has 36 heavy (non-hydrogen) atoms. The number of anilines is 2. The SMILES string of the molecule is CC(C)c1cnn2c3nc(nc12)NCC1(CCCCc2cc(S(C)(=O)=O)ccc2CN3)CCNCC1. The van der Waals surface area contributed by atoms with Gasteiger partial charge in [0, 0.05) is 24.9 Å². The number of hydrogen-bond donors (Lipinski definition) is 3. The lowest BCUT2D eigenvalue weighted by Crippen LogP contribution is -2.41. The van der Waals surface area contributed by atoms with Gasteiger partial charge in [-0.05, 0) is 79.8 Å². The predicted octanol–water partition coefficient (Wildman–Crippen LogP) is 3.77. The molecule has 2 aromatic heterocycles. The Labute approximate surface area is 213 Å². The number of aryl methyl sites for hydroxylation is 1. The zero-order valence-corrected chi connectivity index (χ0v) is 22.3. The van der Waals surface area contributed by atoms with E-state index in [4.69, 9.17) is 9.97 Å². The highest BCUT2D eigenvalue weighted by atomic mass is 32.2. The monoisotopic (exact) mass is 511 g/mol. The molecule has 4 heterocycles. The maximum Gasteiger partial charge on any atom is 0.229 e. The molecular weight excluding hydrogens is 474 g/mol. The Kier molecular flexibility index (Phi) is 6.91. The molecule has 2 aliphatic rings. The molecule has 0 atom stereocenters. The molecule has 1 spiro atoms. The Balaban J connectivity index is 1.57. The van der Waals surface area contributed by atoms with Gasteiger partial charge >= 0.3 is 0 Å². The summed E-state index contributed by atoms with van der Waals surface area (Å²) in [5.74, 6) is 1.54. The van der Waals surface area contributed by atoms with E-state index >= 15 is 0 Å². The fraction of sp³-hybridized carbons (Fsp3) is 0.577. The number of nitrogens with one attached hydrogen (secondary N) is 3. The van der Waals surface area contributed by atoms with Crippen LogP contribution in [0.4, 0.5) is 11.9 Å². The minimum Gasteiger partial charge on any atom is -0.354 e. The highest BCUT2D eigenvalue weighted by Gasteiger charge is 2.32. The van der Waals surface area contributed by atoms with Gasteiger partial charge in [-0.25, -0.2) is 8.42 Å². The average Bonchev–Trinajstić information content (AvgIpc) is 3.28. The number of sulfone groups is 1. The van der Waals surface area contributed by atoms with Gasteiger partial charge in [0.2, 0.25) is 11.9 Å². The van der Waals surface area contributed by atoms with Crippen LogP contribution in [0.25, 0.3) is 5.65 Å². The molecule has 1 fully saturated rings. The first-order valence-corrected chi connectivity index (χ1v) is 14.9. The third-order valence-corrected chi connectivity index (χ3v) is 8.86. The first-order chi connectivity index (χ1) is 17.2. The molecule has 2 aliphatic heterocycles. The molecule has 0 radical (unpaired) electrons. The van der Waals surface area contributed by atoms with E-state index in [0.717, 1.165) is 80.5 Å². The van der Waals surface area contributed by atoms with Crippen molar-refractivity contribution in [1.82, 2.24) is 24.9 Å². The van der Waals surface area contributed by atoms with Crippen LogP contribution >= 0.6 is 0 Å². The quantitative estimate of drug-likeness (QED) is 0.477. The van der Waals surface area contributed by atoms with E-state index in [1.54, 1.807) is 10.6 Å². The summed E-state index contributed by atoms with van der Waals surface area (Å²) in [6, 6.07) is 5.49. The van der Waals surface area contributed by atoms with Crippen molar-refractivity contribution in [3.8, 4) is 0 Å². The molecule has 0 unspecified atom stereocenters. The summed E-state index contributed by atoms with van der Waals surface area (Å²) in [7, 11) is -3.27. The first-order valence-electron chi connectivity index (χ1n) is 13.0. The smallest absolute Gasteiger partial charge is 0.229 e. The number of fused-ring (bicyclic) bond motifs is 5. The molecular formula is C26H37N7O2S. The first kappa shape index (κ1) is 25.0. The zero-order valence-electron chi connectivity index (χ0n) is 21.5. The molecule has 3 aromatic rings. The van der Waals surface area contributed by atoms with Gasteiger partial charge in [-0.1, -0.05) is 26.3 Å². The number of hydrogen-bond acceptors (Lipinski definition) is 8. The van der Waals surface area contributed by atoms with Gasteiger partial charge in [0.25, 0.3) is 0 Å². The van der Waals surface area contributed by atoms with Crippen LogP contribution in [-0.2, 0) is 22.8 Å². The van der Waals surface area contributed by atoms with Crippen molar-refractivity contribution in [2.75, 3.05) is 36.5 Å². The van der Waals surface area contributed by atoms with E-state index < -0.39 is 9.84 Å². The number of rotatable bonds is 2. The fourth-order valence-electron chi connectivity index (χ4n) is 5.46. The number of piperidine rings is 1. The maximum absolute atomic E-state index is 12.2. The lowest BCUT2D eigenvalue weighted by molar-refractivity contribution is 0.195. The van der Waals surface area contributed by atoms with Gasteiger partial charge < -0.3 is 16.0 Å². The van der Waals surface area contributed by atoms with Crippen molar-refractivity contribution in [3.63, 3.8) is 0 Å². The third kappa shape index (κ3) is 5.20. The van der Waals surface area contributed by atoms with Gasteiger partial charge in [0.15, 0.2) is 15.5 Å². The molecule has 9 nitrogen and oxygen atoms in total. The number of benzene rings is 1. The van der Waals surface area contributed by atoms with Crippen molar-refractivity contribution < 1.29 is 8.42 Å². The summed E-state index contributed by atoms with van der Waals surface area (Å²) < 4.78 is 26.3. The summed E-state index contributed by atoms with van der Waals surface area (Å²) >= 11 is 0. The van der Waals surface area contributed by atoms with Crippen molar-refractivity contribution in [1.29, 1.82) is 0 Å². The van der Waals surface area contributed by atoms with Crippen LogP contribution in [0.1, 0.15) is 68.6 Å². The van der Waals surface area contributed by atoms with Gasteiger partial charge in [0.1, 0.15) is 0 Å². The van der Waals surface area contributed by atoms with Crippen molar-refractivity contribution in [2.45, 2.75) is 69.7 Å². The Morgan fingerprint density at radius 2 is 1.83 bits per heavy atom. The van der Waals surface area contributed by atoms with Gasteiger partial charge in [-0.2, -0.15) is 19.6 Å². The Bertz CT molecular complexity index is 1340. The fourth-order valence-corrected chi connectivity index (χ4v) is 6.13. The van der Waals surface area contributed by atoms with Crippen LogP contribution in [-0.4, -0.2) is 53.9 Å². The second-order valence-corrected chi connectivity index (χ2v) is 12.7.